The molecule has 1 N–H and O–H groups in total. The van der Waals surface area contributed by atoms with Crippen molar-refractivity contribution >= 4 is 11.6 Å². The van der Waals surface area contributed by atoms with E-state index in [0.29, 0.717) is 5.88 Å². The molecule has 0 heterocycles. The van der Waals surface area contributed by atoms with Gasteiger partial charge in [0.15, 0.2) is 0 Å². The molecule has 0 aromatic rings. The molecule has 1 unspecified atom stereocenters. The molecule has 0 fully saturated rings. The average Bonchev–Trinajstić information content (AvgIpc) is 2.18. The van der Waals surface area contributed by atoms with Crippen LogP contribution in [0.3, 0.4) is 0 Å². The largest absolute Gasteiger partial charge is 0.380 e. The number of hydrogen-bond acceptors (Lipinski definition) is 2. The SMILES string of the molecule is CCCOCCNC(C)(CC)CCCl. The van der Waals surface area contributed by atoms with Crippen LogP contribution in [0.15, 0.2) is 0 Å². The molecular formula is C11H24ClNO. The summed E-state index contributed by atoms with van der Waals surface area (Å²) in [6.45, 7) is 9.10. The van der Waals surface area contributed by atoms with Crippen molar-refractivity contribution in [2.24, 2.45) is 0 Å². The normalized spacial score (nSPS) is 15.4. The van der Waals surface area contributed by atoms with Gasteiger partial charge in [-0.05, 0) is 26.2 Å². The van der Waals surface area contributed by atoms with Gasteiger partial charge in [0.1, 0.15) is 0 Å². The van der Waals surface area contributed by atoms with Crippen LogP contribution >= 0.6 is 11.6 Å². The van der Waals surface area contributed by atoms with Crippen molar-refractivity contribution in [3.05, 3.63) is 0 Å². The van der Waals surface area contributed by atoms with Gasteiger partial charge in [-0.15, -0.1) is 11.6 Å². The molecule has 3 heteroatoms. The molecule has 0 aliphatic rings. The van der Waals surface area contributed by atoms with Gasteiger partial charge in [0.05, 0.1) is 6.61 Å². The van der Waals surface area contributed by atoms with Gasteiger partial charge in [0.2, 0.25) is 0 Å². The van der Waals surface area contributed by atoms with Crippen molar-refractivity contribution in [2.45, 2.75) is 45.6 Å². The Kier molecular flexibility index (Phi) is 8.64. The number of rotatable bonds is 9. The van der Waals surface area contributed by atoms with E-state index in [4.69, 9.17) is 16.3 Å². The Balaban J connectivity index is 3.51. The third-order valence-corrected chi connectivity index (χ3v) is 2.76. The first-order chi connectivity index (χ1) is 6.68. The molecular weight excluding hydrogens is 198 g/mol. The van der Waals surface area contributed by atoms with Crippen LogP contribution in [0.4, 0.5) is 0 Å². The lowest BCUT2D eigenvalue weighted by atomic mass is 9.95. The minimum atomic E-state index is 0.178. The predicted molar refractivity (Wildman–Crippen MR) is 63.1 cm³/mol. The number of hydrogen-bond donors (Lipinski definition) is 1. The summed E-state index contributed by atoms with van der Waals surface area (Å²) >= 11 is 5.76. The van der Waals surface area contributed by atoms with E-state index in [9.17, 15) is 0 Å². The smallest absolute Gasteiger partial charge is 0.0591 e. The third-order valence-electron chi connectivity index (χ3n) is 2.57. The zero-order valence-electron chi connectivity index (χ0n) is 9.74. The van der Waals surface area contributed by atoms with Crippen molar-refractivity contribution in [3.63, 3.8) is 0 Å². The Morgan fingerprint density at radius 2 is 2.00 bits per heavy atom. The summed E-state index contributed by atoms with van der Waals surface area (Å²) in [5.41, 5.74) is 0.178. The van der Waals surface area contributed by atoms with E-state index in [1.165, 1.54) is 0 Å². The van der Waals surface area contributed by atoms with Gasteiger partial charge in [0, 0.05) is 24.6 Å². The van der Waals surface area contributed by atoms with Crippen molar-refractivity contribution in [3.8, 4) is 0 Å². The Morgan fingerprint density at radius 3 is 2.50 bits per heavy atom. The summed E-state index contributed by atoms with van der Waals surface area (Å²) in [6, 6.07) is 0. The number of halogens is 1. The molecule has 86 valence electrons. The Bertz CT molecular complexity index is 132. The van der Waals surface area contributed by atoms with Crippen LogP contribution in [0.1, 0.15) is 40.0 Å². The molecule has 0 aromatic heterocycles. The van der Waals surface area contributed by atoms with Crippen LogP contribution in [0.5, 0.6) is 0 Å². The van der Waals surface area contributed by atoms with Crippen LogP contribution in [0, 0.1) is 0 Å². The molecule has 0 aliphatic heterocycles. The highest BCUT2D eigenvalue weighted by molar-refractivity contribution is 6.17. The molecule has 2 nitrogen and oxygen atoms in total. The van der Waals surface area contributed by atoms with Gasteiger partial charge < -0.3 is 10.1 Å². The highest BCUT2D eigenvalue weighted by Crippen LogP contribution is 2.14. The van der Waals surface area contributed by atoms with E-state index in [1.807, 2.05) is 0 Å². The van der Waals surface area contributed by atoms with Crippen LogP contribution in [-0.2, 0) is 4.74 Å². The molecule has 0 saturated heterocycles. The van der Waals surface area contributed by atoms with Crippen LogP contribution < -0.4 is 5.32 Å². The summed E-state index contributed by atoms with van der Waals surface area (Å²) in [7, 11) is 0. The van der Waals surface area contributed by atoms with Crippen LogP contribution in [-0.4, -0.2) is 31.2 Å². The molecule has 0 bridgehead atoms. The highest BCUT2D eigenvalue weighted by atomic mass is 35.5. The summed E-state index contributed by atoms with van der Waals surface area (Å²) in [5.74, 6) is 0.715. The molecule has 0 amide bonds. The standard InChI is InChI=1S/C11H24ClNO/c1-4-9-14-10-8-13-11(3,5-2)6-7-12/h13H,4-10H2,1-3H3. The van der Waals surface area contributed by atoms with E-state index in [0.717, 1.165) is 39.0 Å². The minimum Gasteiger partial charge on any atom is -0.380 e. The number of ether oxygens (including phenoxy) is 1. The zero-order chi connectivity index (χ0) is 10.9. The first-order valence-electron chi connectivity index (χ1n) is 5.57. The first-order valence-corrected chi connectivity index (χ1v) is 6.10. The first kappa shape index (κ1) is 14.2. The predicted octanol–water partition coefficient (Wildman–Crippen LogP) is 2.80. The zero-order valence-corrected chi connectivity index (χ0v) is 10.5. The van der Waals surface area contributed by atoms with Gasteiger partial charge in [-0.1, -0.05) is 13.8 Å². The van der Waals surface area contributed by atoms with Crippen LogP contribution in [0.2, 0.25) is 0 Å². The monoisotopic (exact) mass is 221 g/mol. The maximum absolute atomic E-state index is 5.76. The molecule has 0 rings (SSSR count). The van der Waals surface area contributed by atoms with Crippen molar-refractivity contribution in [1.82, 2.24) is 5.32 Å². The molecule has 0 spiro atoms. The molecule has 0 aromatic carbocycles. The number of alkyl halides is 1. The highest BCUT2D eigenvalue weighted by Gasteiger charge is 2.19. The van der Waals surface area contributed by atoms with E-state index >= 15 is 0 Å². The molecule has 0 saturated carbocycles. The van der Waals surface area contributed by atoms with E-state index < -0.39 is 0 Å². The van der Waals surface area contributed by atoms with Gasteiger partial charge in [-0.25, -0.2) is 0 Å². The van der Waals surface area contributed by atoms with E-state index in [1.54, 1.807) is 0 Å². The van der Waals surface area contributed by atoms with E-state index in [2.05, 4.69) is 26.1 Å². The second kappa shape index (κ2) is 8.51. The second-order valence-electron chi connectivity index (χ2n) is 3.89. The van der Waals surface area contributed by atoms with Crippen molar-refractivity contribution in [2.75, 3.05) is 25.6 Å². The molecule has 0 aliphatic carbocycles. The second-order valence-corrected chi connectivity index (χ2v) is 4.27. The summed E-state index contributed by atoms with van der Waals surface area (Å²) in [5, 5.41) is 3.50. The van der Waals surface area contributed by atoms with Gasteiger partial charge >= 0.3 is 0 Å². The summed E-state index contributed by atoms with van der Waals surface area (Å²) in [4.78, 5) is 0. The van der Waals surface area contributed by atoms with Crippen molar-refractivity contribution in [1.29, 1.82) is 0 Å². The third kappa shape index (κ3) is 6.63. The summed E-state index contributed by atoms with van der Waals surface area (Å²) < 4.78 is 5.41. The lowest BCUT2D eigenvalue weighted by Gasteiger charge is -2.29. The fourth-order valence-corrected chi connectivity index (χ4v) is 1.69. The fourth-order valence-electron chi connectivity index (χ4n) is 1.27. The molecule has 0 radical (unpaired) electrons. The Hall–Kier alpha value is 0.210. The molecule has 1 atom stereocenters. The average molecular weight is 222 g/mol. The molecule has 14 heavy (non-hydrogen) atoms. The quantitative estimate of drug-likeness (QED) is 0.478. The lowest BCUT2D eigenvalue weighted by Crippen LogP contribution is -2.43. The van der Waals surface area contributed by atoms with Crippen LogP contribution in [0.25, 0.3) is 0 Å². The topological polar surface area (TPSA) is 21.3 Å². The Morgan fingerprint density at radius 1 is 1.29 bits per heavy atom. The summed E-state index contributed by atoms with van der Waals surface area (Å²) in [6.07, 6.45) is 3.21. The fraction of sp³-hybridized carbons (Fsp3) is 1.00. The maximum atomic E-state index is 5.76. The van der Waals surface area contributed by atoms with Crippen molar-refractivity contribution < 1.29 is 4.74 Å². The Labute approximate surface area is 93.4 Å². The maximum Gasteiger partial charge on any atom is 0.0591 e. The van der Waals surface area contributed by atoms with Gasteiger partial charge in [0.25, 0.3) is 0 Å². The number of nitrogens with one attached hydrogen (secondary N) is 1. The van der Waals surface area contributed by atoms with E-state index in [-0.39, 0.29) is 5.54 Å². The lowest BCUT2D eigenvalue weighted by molar-refractivity contribution is 0.128. The van der Waals surface area contributed by atoms with Gasteiger partial charge in [-0.3, -0.25) is 0 Å². The van der Waals surface area contributed by atoms with Gasteiger partial charge in [-0.2, -0.15) is 0 Å². The minimum absolute atomic E-state index is 0.178.